The van der Waals surface area contributed by atoms with Gasteiger partial charge >= 0.3 is 0 Å². The number of amides is 1. The second kappa shape index (κ2) is 6.32. The summed E-state index contributed by atoms with van der Waals surface area (Å²) >= 11 is 0. The Hall–Kier alpha value is -2.14. The van der Waals surface area contributed by atoms with E-state index in [1.165, 1.54) is 4.90 Å². The maximum Gasteiger partial charge on any atom is 0.236 e. The number of para-hydroxylation sites is 1. The fourth-order valence-electron chi connectivity index (χ4n) is 2.49. The van der Waals surface area contributed by atoms with E-state index in [4.69, 9.17) is 0 Å². The van der Waals surface area contributed by atoms with Gasteiger partial charge in [-0.2, -0.15) is 0 Å². The number of hydrogen-bond donors (Lipinski definition) is 1. The van der Waals surface area contributed by atoms with Crippen LogP contribution in [0.25, 0.3) is 10.9 Å². The highest BCUT2D eigenvalue weighted by atomic mass is 16.2. The van der Waals surface area contributed by atoms with Crippen molar-refractivity contribution >= 4 is 22.6 Å². The first-order chi connectivity index (χ1) is 10.3. The molecule has 22 heavy (non-hydrogen) atoms. The summed E-state index contributed by atoms with van der Waals surface area (Å²) in [4.78, 5) is 31.2. The van der Waals surface area contributed by atoms with Crippen LogP contribution in [0.3, 0.4) is 0 Å². The third-order valence-corrected chi connectivity index (χ3v) is 4.06. The van der Waals surface area contributed by atoms with Gasteiger partial charge in [-0.15, -0.1) is 0 Å². The minimum Gasteiger partial charge on any atom is -0.358 e. The van der Waals surface area contributed by atoms with Crippen molar-refractivity contribution in [3.05, 3.63) is 35.5 Å². The predicted molar refractivity (Wildman–Crippen MR) is 88.2 cm³/mol. The molecule has 0 aliphatic rings. The number of H-pyrrole nitrogens is 1. The van der Waals surface area contributed by atoms with Crippen molar-refractivity contribution in [3.63, 3.8) is 0 Å². The van der Waals surface area contributed by atoms with E-state index >= 15 is 0 Å². The number of nitrogens with zero attached hydrogens (tertiary/aromatic N) is 2. The molecule has 5 nitrogen and oxygen atoms in total. The number of hydrogen-bond acceptors (Lipinski definition) is 3. The lowest BCUT2D eigenvalue weighted by Gasteiger charge is -2.24. The van der Waals surface area contributed by atoms with Crippen molar-refractivity contribution in [3.8, 4) is 0 Å². The monoisotopic (exact) mass is 301 g/mol. The Labute approximate surface area is 130 Å². The van der Waals surface area contributed by atoms with E-state index in [1.54, 1.807) is 26.0 Å². The second-order valence-electron chi connectivity index (χ2n) is 5.91. The predicted octanol–water partition coefficient (Wildman–Crippen LogP) is 2.07. The van der Waals surface area contributed by atoms with Crippen molar-refractivity contribution in [2.45, 2.75) is 19.9 Å². The Bertz CT molecular complexity index is 703. The second-order valence-corrected chi connectivity index (χ2v) is 5.91. The van der Waals surface area contributed by atoms with E-state index in [0.717, 1.165) is 16.6 Å². The topological polar surface area (TPSA) is 56.4 Å². The molecule has 0 saturated carbocycles. The fourth-order valence-corrected chi connectivity index (χ4v) is 2.49. The molecule has 0 radical (unpaired) electrons. The first-order valence-corrected chi connectivity index (χ1v) is 7.34. The molecule has 5 heteroatoms. The van der Waals surface area contributed by atoms with Gasteiger partial charge in [0.05, 0.1) is 12.6 Å². The molecular formula is C17H23N3O2. The van der Waals surface area contributed by atoms with Crippen molar-refractivity contribution in [1.82, 2.24) is 14.8 Å². The normalized spacial score (nSPS) is 12.6. The summed E-state index contributed by atoms with van der Waals surface area (Å²) in [6.45, 7) is 3.97. The zero-order valence-corrected chi connectivity index (χ0v) is 13.8. The van der Waals surface area contributed by atoms with Gasteiger partial charge in [-0.1, -0.05) is 18.2 Å². The lowest BCUT2D eigenvalue weighted by atomic mass is 10.0. The number of carbonyl (C=O) groups excluding carboxylic acids is 2. The molecule has 1 amide bonds. The van der Waals surface area contributed by atoms with Crippen LogP contribution in [0.1, 0.15) is 23.0 Å². The van der Waals surface area contributed by atoms with Crippen molar-refractivity contribution in [1.29, 1.82) is 0 Å². The quantitative estimate of drug-likeness (QED) is 0.860. The summed E-state index contributed by atoms with van der Waals surface area (Å²) in [6.07, 6.45) is 0. The fraction of sp³-hybridized carbons (Fsp3) is 0.412. The van der Waals surface area contributed by atoms with Crippen LogP contribution in [-0.2, 0) is 4.79 Å². The van der Waals surface area contributed by atoms with Crippen molar-refractivity contribution in [2.24, 2.45) is 0 Å². The standard InChI is InChI=1S/C17H23N3O2/c1-11-16(13-8-6-7-9-14(13)18-11)17(22)12(2)20(5)10-15(21)19(3)4/h6-9,12,18H,10H2,1-5H3/t12-/m0/s1. The van der Waals surface area contributed by atoms with E-state index in [0.29, 0.717) is 5.56 Å². The van der Waals surface area contributed by atoms with E-state index in [2.05, 4.69) is 4.98 Å². The Kier molecular flexibility index (Phi) is 4.66. The Morgan fingerprint density at radius 3 is 2.45 bits per heavy atom. The van der Waals surface area contributed by atoms with Crippen LogP contribution in [0.2, 0.25) is 0 Å². The molecule has 1 atom stereocenters. The third kappa shape index (κ3) is 3.04. The SMILES string of the molecule is Cc1[nH]c2ccccc2c1C(=O)[C@H](C)N(C)CC(=O)N(C)C. The lowest BCUT2D eigenvalue weighted by Crippen LogP contribution is -2.42. The maximum absolute atomic E-state index is 12.8. The molecule has 1 N–H and O–H groups in total. The van der Waals surface area contributed by atoms with Crippen LogP contribution in [0.4, 0.5) is 0 Å². The summed E-state index contributed by atoms with van der Waals surface area (Å²) in [6, 6.07) is 7.42. The molecule has 1 aromatic carbocycles. The number of aromatic amines is 1. The Balaban J connectivity index is 2.26. The molecule has 0 fully saturated rings. The first kappa shape index (κ1) is 16.2. The highest BCUT2D eigenvalue weighted by molar-refractivity contribution is 6.11. The van der Waals surface area contributed by atoms with Crippen LogP contribution in [-0.4, -0.2) is 60.2 Å². The molecule has 2 aromatic rings. The first-order valence-electron chi connectivity index (χ1n) is 7.34. The van der Waals surface area contributed by atoms with Gasteiger partial charge in [-0.3, -0.25) is 14.5 Å². The average Bonchev–Trinajstić information content (AvgIpc) is 2.81. The van der Waals surface area contributed by atoms with E-state index in [-0.39, 0.29) is 24.3 Å². The number of benzene rings is 1. The van der Waals surface area contributed by atoms with E-state index in [1.807, 2.05) is 38.1 Å². The zero-order chi connectivity index (χ0) is 16.4. The number of rotatable bonds is 5. The van der Waals surface area contributed by atoms with Gasteiger partial charge < -0.3 is 9.88 Å². The molecule has 0 spiro atoms. The number of aromatic nitrogens is 1. The van der Waals surface area contributed by atoms with Gasteiger partial charge in [0.1, 0.15) is 0 Å². The van der Waals surface area contributed by atoms with Crippen LogP contribution in [0.5, 0.6) is 0 Å². The lowest BCUT2D eigenvalue weighted by molar-refractivity contribution is -0.129. The number of carbonyl (C=O) groups is 2. The van der Waals surface area contributed by atoms with Crippen molar-refractivity contribution < 1.29 is 9.59 Å². The number of nitrogens with one attached hydrogen (secondary N) is 1. The molecule has 0 bridgehead atoms. The zero-order valence-electron chi connectivity index (χ0n) is 13.8. The Morgan fingerprint density at radius 1 is 1.18 bits per heavy atom. The summed E-state index contributed by atoms with van der Waals surface area (Å²) < 4.78 is 0. The molecule has 118 valence electrons. The molecule has 1 heterocycles. The summed E-state index contributed by atoms with van der Waals surface area (Å²) in [5.74, 6) is 0.0156. The molecule has 0 aliphatic carbocycles. The largest absolute Gasteiger partial charge is 0.358 e. The van der Waals surface area contributed by atoms with Crippen LogP contribution in [0.15, 0.2) is 24.3 Å². The summed E-state index contributed by atoms with van der Waals surface area (Å²) in [5, 5.41) is 0.934. The summed E-state index contributed by atoms with van der Waals surface area (Å²) in [7, 11) is 5.23. The minimum atomic E-state index is -0.359. The van der Waals surface area contributed by atoms with Crippen LogP contribution in [0, 0.1) is 6.92 Å². The van der Waals surface area contributed by atoms with E-state index in [9.17, 15) is 9.59 Å². The van der Waals surface area contributed by atoms with Gasteiger partial charge in [-0.05, 0) is 27.0 Å². The highest BCUT2D eigenvalue weighted by Gasteiger charge is 2.25. The van der Waals surface area contributed by atoms with Gasteiger partial charge in [0.15, 0.2) is 5.78 Å². The van der Waals surface area contributed by atoms with Gasteiger partial charge in [0.2, 0.25) is 5.91 Å². The van der Waals surface area contributed by atoms with Gasteiger partial charge in [0, 0.05) is 36.3 Å². The number of Topliss-reactive ketones (excluding diaryl/α,β-unsaturated/α-hetero) is 1. The highest BCUT2D eigenvalue weighted by Crippen LogP contribution is 2.24. The third-order valence-electron chi connectivity index (χ3n) is 4.06. The minimum absolute atomic E-state index is 0.0159. The molecule has 0 unspecified atom stereocenters. The number of likely N-dealkylation sites (N-methyl/N-ethyl adjacent to an activating group) is 2. The van der Waals surface area contributed by atoms with Crippen LogP contribution >= 0.6 is 0 Å². The molecule has 0 aliphatic heterocycles. The Morgan fingerprint density at radius 2 is 1.82 bits per heavy atom. The number of fused-ring (bicyclic) bond motifs is 1. The van der Waals surface area contributed by atoms with Crippen LogP contribution < -0.4 is 0 Å². The average molecular weight is 301 g/mol. The molecule has 0 saturated heterocycles. The maximum atomic E-state index is 12.8. The molecular weight excluding hydrogens is 278 g/mol. The van der Waals surface area contributed by atoms with E-state index < -0.39 is 0 Å². The molecule has 2 rings (SSSR count). The van der Waals surface area contributed by atoms with Gasteiger partial charge in [-0.25, -0.2) is 0 Å². The number of ketones is 1. The van der Waals surface area contributed by atoms with Gasteiger partial charge in [0.25, 0.3) is 0 Å². The van der Waals surface area contributed by atoms with Crippen molar-refractivity contribution in [2.75, 3.05) is 27.7 Å². The summed E-state index contributed by atoms with van der Waals surface area (Å²) in [5.41, 5.74) is 2.54. The smallest absolute Gasteiger partial charge is 0.236 e. The molecule has 1 aromatic heterocycles. The number of aryl methyl sites for hydroxylation is 1.